The van der Waals surface area contributed by atoms with Crippen LogP contribution in [0.5, 0.6) is 0 Å². The van der Waals surface area contributed by atoms with Crippen molar-refractivity contribution in [3.05, 3.63) is 29.3 Å². The van der Waals surface area contributed by atoms with Gasteiger partial charge in [0.1, 0.15) is 0 Å². The maximum Gasteiger partial charge on any atom is 0.173 e. The number of anilines is 1. The maximum absolute atomic E-state index is 5.33. The van der Waals surface area contributed by atoms with Crippen LogP contribution in [-0.2, 0) is 0 Å². The summed E-state index contributed by atoms with van der Waals surface area (Å²) in [5.41, 5.74) is 3.67. The van der Waals surface area contributed by atoms with Crippen LogP contribution in [0.3, 0.4) is 0 Å². The molecule has 0 bridgehead atoms. The fourth-order valence-corrected chi connectivity index (χ4v) is 1.82. The van der Waals surface area contributed by atoms with Gasteiger partial charge in [-0.1, -0.05) is 13.0 Å². The molecule has 88 valence electrons. The molecule has 1 aromatic rings. The number of benzene rings is 1. The van der Waals surface area contributed by atoms with Crippen LogP contribution in [0, 0.1) is 13.8 Å². The Bertz CT molecular complexity index is 354. The highest BCUT2D eigenvalue weighted by Crippen LogP contribution is 2.17. The summed E-state index contributed by atoms with van der Waals surface area (Å²) in [6.45, 7) is 7.26. The zero-order valence-corrected chi connectivity index (χ0v) is 11.3. The van der Waals surface area contributed by atoms with Gasteiger partial charge in [-0.15, -0.1) is 0 Å². The number of hydrogen-bond donors (Lipinski definition) is 1. The SMILES string of the molecule is CCCNC(=S)N(C)c1cc(C)cc(C)c1. The van der Waals surface area contributed by atoms with Crippen molar-refractivity contribution in [2.75, 3.05) is 18.5 Å². The highest BCUT2D eigenvalue weighted by molar-refractivity contribution is 7.80. The Morgan fingerprint density at radius 3 is 2.31 bits per heavy atom. The van der Waals surface area contributed by atoms with E-state index in [1.165, 1.54) is 11.1 Å². The van der Waals surface area contributed by atoms with Crippen molar-refractivity contribution in [1.82, 2.24) is 5.32 Å². The van der Waals surface area contributed by atoms with Gasteiger partial charge in [0.05, 0.1) is 0 Å². The molecule has 0 fully saturated rings. The number of hydrogen-bond acceptors (Lipinski definition) is 1. The molecular formula is C13H20N2S. The van der Waals surface area contributed by atoms with Gasteiger partial charge >= 0.3 is 0 Å². The standard InChI is InChI=1S/C13H20N2S/c1-5-6-14-13(16)15(4)12-8-10(2)7-11(3)9-12/h7-9H,5-6H2,1-4H3,(H,14,16). The van der Waals surface area contributed by atoms with Crippen LogP contribution in [0.4, 0.5) is 5.69 Å². The molecule has 0 spiro atoms. The highest BCUT2D eigenvalue weighted by atomic mass is 32.1. The van der Waals surface area contributed by atoms with Crippen LogP contribution in [0.25, 0.3) is 0 Å². The van der Waals surface area contributed by atoms with Gasteiger partial charge in [0, 0.05) is 19.3 Å². The van der Waals surface area contributed by atoms with Crippen LogP contribution in [0.1, 0.15) is 24.5 Å². The van der Waals surface area contributed by atoms with Gasteiger partial charge in [-0.25, -0.2) is 0 Å². The van der Waals surface area contributed by atoms with E-state index in [-0.39, 0.29) is 0 Å². The third kappa shape index (κ3) is 3.49. The molecule has 0 aromatic heterocycles. The second-order valence-electron chi connectivity index (χ2n) is 4.14. The first-order chi connectivity index (χ1) is 7.54. The molecule has 0 aliphatic heterocycles. The molecule has 1 aromatic carbocycles. The molecule has 2 nitrogen and oxygen atoms in total. The Morgan fingerprint density at radius 2 is 1.81 bits per heavy atom. The van der Waals surface area contributed by atoms with Crippen LogP contribution in [0.15, 0.2) is 18.2 Å². The van der Waals surface area contributed by atoms with E-state index in [2.05, 4.69) is 44.3 Å². The molecule has 0 radical (unpaired) electrons. The first-order valence-corrected chi connectivity index (χ1v) is 6.05. The molecule has 16 heavy (non-hydrogen) atoms. The van der Waals surface area contributed by atoms with Crippen molar-refractivity contribution in [2.45, 2.75) is 27.2 Å². The van der Waals surface area contributed by atoms with E-state index in [1.807, 2.05) is 11.9 Å². The van der Waals surface area contributed by atoms with E-state index >= 15 is 0 Å². The Balaban J connectivity index is 2.79. The molecule has 0 saturated carbocycles. The largest absolute Gasteiger partial charge is 0.362 e. The van der Waals surface area contributed by atoms with Crippen LogP contribution < -0.4 is 10.2 Å². The van der Waals surface area contributed by atoms with Gasteiger partial charge in [0.25, 0.3) is 0 Å². The molecule has 0 unspecified atom stereocenters. The fraction of sp³-hybridized carbons (Fsp3) is 0.462. The van der Waals surface area contributed by atoms with E-state index in [4.69, 9.17) is 12.2 Å². The van der Waals surface area contributed by atoms with Crippen molar-refractivity contribution in [2.24, 2.45) is 0 Å². The van der Waals surface area contributed by atoms with Crippen LogP contribution in [-0.4, -0.2) is 18.7 Å². The van der Waals surface area contributed by atoms with E-state index in [1.54, 1.807) is 0 Å². The van der Waals surface area contributed by atoms with Gasteiger partial charge in [-0.3, -0.25) is 0 Å². The normalized spacial score (nSPS) is 10.0. The summed E-state index contributed by atoms with van der Waals surface area (Å²) < 4.78 is 0. The lowest BCUT2D eigenvalue weighted by Gasteiger charge is -2.21. The van der Waals surface area contributed by atoms with Gasteiger partial charge in [-0.2, -0.15) is 0 Å². The van der Waals surface area contributed by atoms with Crippen molar-refractivity contribution in [3.8, 4) is 0 Å². The molecule has 0 aliphatic carbocycles. The number of nitrogens with zero attached hydrogens (tertiary/aromatic N) is 1. The summed E-state index contributed by atoms with van der Waals surface area (Å²) in [7, 11) is 2.00. The fourth-order valence-electron chi connectivity index (χ4n) is 1.61. The predicted octanol–water partition coefficient (Wildman–Crippen LogP) is 3.02. The van der Waals surface area contributed by atoms with Crippen molar-refractivity contribution >= 4 is 23.0 Å². The molecule has 0 atom stereocenters. The molecule has 1 rings (SSSR count). The molecule has 0 saturated heterocycles. The van der Waals surface area contributed by atoms with E-state index in [0.29, 0.717) is 0 Å². The van der Waals surface area contributed by atoms with Crippen molar-refractivity contribution in [1.29, 1.82) is 0 Å². The van der Waals surface area contributed by atoms with E-state index in [9.17, 15) is 0 Å². The van der Waals surface area contributed by atoms with Crippen molar-refractivity contribution in [3.63, 3.8) is 0 Å². The number of nitrogens with one attached hydrogen (secondary N) is 1. The smallest absolute Gasteiger partial charge is 0.173 e. The van der Waals surface area contributed by atoms with Gasteiger partial charge < -0.3 is 10.2 Å². The lowest BCUT2D eigenvalue weighted by molar-refractivity contribution is 0.837. The highest BCUT2D eigenvalue weighted by Gasteiger charge is 2.06. The first-order valence-electron chi connectivity index (χ1n) is 5.64. The summed E-state index contributed by atoms with van der Waals surface area (Å²) in [4.78, 5) is 2.02. The number of rotatable bonds is 3. The lowest BCUT2D eigenvalue weighted by Crippen LogP contribution is -2.37. The van der Waals surface area contributed by atoms with Gasteiger partial charge in [0.2, 0.25) is 0 Å². The second-order valence-corrected chi connectivity index (χ2v) is 4.52. The van der Waals surface area contributed by atoms with E-state index < -0.39 is 0 Å². The Hall–Kier alpha value is -1.09. The summed E-state index contributed by atoms with van der Waals surface area (Å²) in [6, 6.07) is 6.46. The Morgan fingerprint density at radius 1 is 1.25 bits per heavy atom. The quantitative estimate of drug-likeness (QED) is 0.812. The number of thiocarbonyl (C=S) groups is 1. The van der Waals surface area contributed by atoms with Gasteiger partial charge in [-0.05, 0) is 55.7 Å². The minimum Gasteiger partial charge on any atom is -0.362 e. The second kappa shape index (κ2) is 5.85. The molecule has 1 N–H and O–H groups in total. The molecular weight excluding hydrogens is 216 g/mol. The summed E-state index contributed by atoms with van der Waals surface area (Å²) in [5.74, 6) is 0. The molecule has 0 amide bonds. The minimum atomic E-state index is 0.784. The van der Waals surface area contributed by atoms with Crippen LogP contribution in [0.2, 0.25) is 0 Å². The topological polar surface area (TPSA) is 15.3 Å². The predicted molar refractivity (Wildman–Crippen MR) is 75.2 cm³/mol. The van der Waals surface area contributed by atoms with Crippen LogP contribution >= 0.6 is 12.2 Å². The van der Waals surface area contributed by atoms with Crippen molar-refractivity contribution < 1.29 is 0 Å². The third-order valence-corrected chi connectivity index (χ3v) is 2.84. The monoisotopic (exact) mass is 236 g/mol. The van der Waals surface area contributed by atoms with E-state index in [0.717, 1.165) is 23.8 Å². The molecule has 0 heterocycles. The first kappa shape index (κ1) is 13.0. The zero-order valence-electron chi connectivity index (χ0n) is 10.5. The third-order valence-electron chi connectivity index (χ3n) is 2.42. The Labute approximate surface area is 104 Å². The summed E-state index contributed by atoms with van der Waals surface area (Å²) in [5, 5.41) is 4.01. The average molecular weight is 236 g/mol. The molecule has 3 heteroatoms. The van der Waals surface area contributed by atoms with Gasteiger partial charge in [0.15, 0.2) is 5.11 Å². The zero-order chi connectivity index (χ0) is 12.1. The number of aryl methyl sites for hydroxylation is 2. The minimum absolute atomic E-state index is 0.784. The maximum atomic E-state index is 5.33. The summed E-state index contributed by atoms with van der Waals surface area (Å²) >= 11 is 5.33. The average Bonchev–Trinajstić information content (AvgIpc) is 2.23. The molecule has 0 aliphatic rings. The lowest BCUT2D eigenvalue weighted by atomic mass is 10.1. The Kier molecular flexibility index (Phi) is 4.74. The summed E-state index contributed by atoms with van der Waals surface area (Å²) in [6.07, 6.45) is 1.08.